The minimum Gasteiger partial charge on any atom is -0.492 e. The lowest BCUT2D eigenvalue weighted by molar-refractivity contribution is -0.120. The normalized spacial score (nSPS) is 9.96. The molecular formula is C19H20N2O6. The van der Waals surface area contributed by atoms with Gasteiger partial charge in [-0.15, -0.1) is 0 Å². The van der Waals surface area contributed by atoms with E-state index in [9.17, 15) is 14.4 Å². The molecule has 0 aliphatic carbocycles. The molecule has 142 valence electrons. The molecule has 2 rings (SSSR count). The molecule has 0 spiro atoms. The fraction of sp³-hybridized carbons (Fsp3) is 0.211. The third kappa shape index (κ3) is 6.35. The van der Waals surface area contributed by atoms with Gasteiger partial charge in [0.2, 0.25) is 0 Å². The number of anilines is 1. The van der Waals surface area contributed by atoms with Gasteiger partial charge >= 0.3 is 5.97 Å². The summed E-state index contributed by atoms with van der Waals surface area (Å²) in [5, 5.41) is 2.63. The number of benzene rings is 2. The SMILES string of the molecule is CCOc1ccccc1NC(=O)COC(=O)c1ccc(OCC(N)=O)cc1. The van der Waals surface area contributed by atoms with Gasteiger partial charge in [0.1, 0.15) is 11.5 Å². The zero-order chi connectivity index (χ0) is 19.6. The van der Waals surface area contributed by atoms with Crippen molar-refractivity contribution >= 4 is 23.5 Å². The molecule has 0 bridgehead atoms. The highest BCUT2D eigenvalue weighted by molar-refractivity contribution is 5.96. The Labute approximate surface area is 156 Å². The molecule has 8 heteroatoms. The van der Waals surface area contributed by atoms with Gasteiger partial charge in [0, 0.05) is 0 Å². The molecule has 2 aromatic rings. The van der Waals surface area contributed by atoms with Crippen LogP contribution in [0.15, 0.2) is 48.5 Å². The topological polar surface area (TPSA) is 117 Å². The first-order chi connectivity index (χ1) is 13.0. The van der Waals surface area contributed by atoms with Crippen LogP contribution in [0.4, 0.5) is 5.69 Å². The Hall–Kier alpha value is -3.55. The minimum absolute atomic E-state index is 0.240. The number of carbonyl (C=O) groups excluding carboxylic acids is 3. The fourth-order valence-corrected chi connectivity index (χ4v) is 2.09. The van der Waals surface area contributed by atoms with E-state index in [1.54, 1.807) is 24.3 Å². The quantitative estimate of drug-likeness (QED) is 0.648. The van der Waals surface area contributed by atoms with Gasteiger partial charge in [0.05, 0.1) is 17.9 Å². The summed E-state index contributed by atoms with van der Waals surface area (Å²) >= 11 is 0. The monoisotopic (exact) mass is 372 g/mol. The Kier molecular flexibility index (Phi) is 7.18. The van der Waals surface area contributed by atoms with Crippen molar-refractivity contribution < 1.29 is 28.6 Å². The Morgan fingerprint density at radius 2 is 1.67 bits per heavy atom. The number of nitrogens with one attached hydrogen (secondary N) is 1. The fourth-order valence-electron chi connectivity index (χ4n) is 2.09. The van der Waals surface area contributed by atoms with Crippen LogP contribution in [-0.4, -0.2) is 37.6 Å². The molecule has 0 atom stereocenters. The van der Waals surface area contributed by atoms with Crippen molar-refractivity contribution in [2.24, 2.45) is 5.73 Å². The van der Waals surface area contributed by atoms with E-state index in [2.05, 4.69) is 5.32 Å². The third-order valence-corrected chi connectivity index (χ3v) is 3.27. The minimum atomic E-state index is -0.662. The highest BCUT2D eigenvalue weighted by Gasteiger charge is 2.12. The molecule has 0 aliphatic heterocycles. The summed E-state index contributed by atoms with van der Waals surface area (Å²) in [4.78, 5) is 34.7. The molecule has 0 unspecified atom stereocenters. The van der Waals surface area contributed by atoms with E-state index >= 15 is 0 Å². The maximum atomic E-state index is 12.0. The lowest BCUT2D eigenvalue weighted by Crippen LogP contribution is -2.21. The second kappa shape index (κ2) is 9.81. The van der Waals surface area contributed by atoms with E-state index in [4.69, 9.17) is 19.9 Å². The van der Waals surface area contributed by atoms with E-state index in [1.807, 2.05) is 6.92 Å². The molecule has 0 aromatic heterocycles. The van der Waals surface area contributed by atoms with Crippen LogP contribution in [0, 0.1) is 0 Å². The van der Waals surface area contributed by atoms with Crippen LogP contribution in [0.1, 0.15) is 17.3 Å². The van der Waals surface area contributed by atoms with Crippen LogP contribution in [0.25, 0.3) is 0 Å². The van der Waals surface area contributed by atoms with E-state index in [1.165, 1.54) is 24.3 Å². The molecule has 27 heavy (non-hydrogen) atoms. The number of carbonyl (C=O) groups is 3. The number of ether oxygens (including phenoxy) is 3. The number of hydrogen-bond donors (Lipinski definition) is 2. The Bertz CT molecular complexity index is 804. The average Bonchev–Trinajstić information content (AvgIpc) is 2.66. The molecule has 0 fully saturated rings. The van der Waals surface area contributed by atoms with Crippen molar-refractivity contribution in [2.75, 3.05) is 25.1 Å². The van der Waals surface area contributed by atoms with Crippen molar-refractivity contribution in [3.8, 4) is 11.5 Å². The molecule has 8 nitrogen and oxygen atoms in total. The highest BCUT2D eigenvalue weighted by atomic mass is 16.5. The van der Waals surface area contributed by atoms with Crippen LogP contribution in [-0.2, 0) is 14.3 Å². The number of hydrogen-bond acceptors (Lipinski definition) is 6. The van der Waals surface area contributed by atoms with Gasteiger partial charge in [-0.25, -0.2) is 4.79 Å². The predicted molar refractivity (Wildman–Crippen MR) is 97.7 cm³/mol. The second-order valence-electron chi connectivity index (χ2n) is 5.33. The number of nitrogens with two attached hydrogens (primary N) is 1. The zero-order valence-electron chi connectivity index (χ0n) is 14.8. The van der Waals surface area contributed by atoms with Crippen LogP contribution >= 0.6 is 0 Å². The first kappa shape index (κ1) is 19.8. The summed E-state index contributed by atoms with van der Waals surface area (Å²) in [5.41, 5.74) is 5.72. The van der Waals surface area contributed by atoms with Crippen LogP contribution in [0.5, 0.6) is 11.5 Å². The van der Waals surface area contributed by atoms with E-state index in [-0.39, 0.29) is 12.2 Å². The molecular weight excluding hydrogens is 352 g/mol. The summed E-state index contributed by atoms with van der Waals surface area (Å²) in [7, 11) is 0. The number of para-hydroxylation sites is 2. The third-order valence-electron chi connectivity index (χ3n) is 3.27. The molecule has 0 radical (unpaired) electrons. The molecule has 0 aliphatic rings. The molecule has 2 aromatic carbocycles. The van der Waals surface area contributed by atoms with E-state index in [0.717, 1.165) is 0 Å². The number of primary amides is 1. The van der Waals surface area contributed by atoms with Gasteiger partial charge in [0.25, 0.3) is 11.8 Å². The Morgan fingerprint density at radius 3 is 2.33 bits per heavy atom. The van der Waals surface area contributed by atoms with Crippen LogP contribution in [0.2, 0.25) is 0 Å². The Balaban J connectivity index is 1.86. The van der Waals surface area contributed by atoms with Crippen molar-refractivity contribution in [1.29, 1.82) is 0 Å². The van der Waals surface area contributed by atoms with Gasteiger partial charge in [0.15, 0.2) is 13.2 Å². The van der Waals surface area contributed by atoms with Gasteiger partial charge < -0.3 is 25.3 Å². The van der Waals surface area contributed by atoms with Gasteiger partial charge in [-0.3, -0.25) is 9.59 Å². The number of esters is 1. The highest BCUT2D eigenvalue weighted by Crippen LogP contribution is 2.23. The van der Waals surface area contributed by atoms with E-state index < -0.39 is 24.4 Å². The molecule has 0 saturated carbocycles. The number of rotatable bonds is 9. The second-order valence-corrected chi connectivity index (χ2v) is 5.33. The first-order valence-corrected chi connectivity index (χ1v) is 8.19. The van der Waals surface area contributed by atoms with Crippen molar-refractivity contribution in [2.45, 2.75) is 6.92 Å². The van der Waals surface area contributed by atoms with Crippen LogP contribution < -0.4 is 20.5 Å². The van der Waals surface area contributed by atoms with Crippen molar-refractivity contribution in [3.05, 3.63) is 54.1 Å². The lowest BCUT2D eigenvalue weighted by atomic mass is 10.2. The Morgan fingerprint density at radius 1 is 0.963 bits per heavy atom. The molecule has 0 saturated heterocycles. The maximum Gasteiger partial charge on any atom is 0.338 e. The smallest absolute Gasteiger partial charge is 0.338 e. The number of amides is 2. The summed E-state index contributed by atoms with van der Waals surface area (Å²) in [5.74, 6) is -0.834. The van der Waals surface area contributed by atoms with Crippen molar-refractivity contribution in [1.82, 2.24) is 0 Å². The molecule has 0 heterocycles. The van der Waals surface area contributed by atoms with Gasteiger partial charge in [-0.2, -0.15) is 0 Å². The zero-order valence-corrected chi connectivity index (χ0v) is 14.8. The first-order valence-electron chi connectivity index (χ1n) is 8.19. The molecule has 2 amide bonds. The van der Waals surface area contributed by atoms with Gasteiger partial charge in [-0.05, 0) is 43.3 Å². The maximum absolute atomic E-state index is 12.0. The summed E-state index contributed by atoms with van der Waals surface area (Å²) in [6, 6.07) is 12.9. The molecule has 3 N–H and O–H groups in total. The van der Waals surface area contributed by atoms with Crippen molar-refractivity contribution in [3.63, 3.8) is 0 Å². The standard InChI is InChI=1S/C19H20N2O6/c1-2-25-16-6-4-3-5-15(16)21-18(23)12-27-19(24)13-7-9-14(10-8-13)26-11-17(20)22/h3-10H,2,11-12H2,1H3,(H2,20,22)(H,21,23). The summed E-state index contributed by atoms with van der Waals surface area (Å²) < 4.78 is 15.5. The lowest BCUT2D eigenvalue weighted by Gasteiger charge is -2.11. The largest absolute Gasteiger partial charge is 0.492 e. The summed E-state index contributed by atoms with van der Waals surface area (Å²) in [6.07, 6.45) is 0. The van der Waals surface area contributed by atoms with Gasteiger partial charge in [-0.1, -0.05) is 12.1 Å². The predicted octanol–water partition coefficient (Wildman–Crippen LogP) is 1.74. The van der Waals surface area contributed by atoms with Crippen LogP contribution in [0.3, 0.4) is 0 Å². The van der Waals surface area contributed by atoms with E-state index in [0.29, 0.717) is 23.8 Å². The summed E-state index contributed by atoms with van der Waals surface area (Å²) in [6.45, 7) is 1.60. The average molecular weight is 372 g/mol.